The number of carbonyl (C=O) groups excluding carboxylic acids is 3. The fourth-order valence-corrected chi connectivity index (χ4v) is 3.70. The van der Waals surface area contributed by atoms with Crippen LogP contribution in [0, 0.1) is 0 Å². The number of aromatic nitrogens is 1. The number of ketones is 1. The van der Waals surface area contributed by atoms with Gasteiger partial charge in [0, 0.05) is 25.0 Å². The van der Waals surface area contributed by atoms with E-state index in [0.717, 1.165) is 18.4 Å². The van der Waals surface area contributed by atoms with E-state index < -0.39 is 24.8 Å². The Labute approximate surface area is 169 Å². The number of piperidine rings is 1. The highest BCUT2D eigenvalue weighted by molar-refractivity contribution is 5.89. The van der Waals surface area contributed by atoms with Crippen LogP contribution in [0.5, 0.6) is 0 Å². The van der Waals surface area contributed by atoms with Crippen molar-refractivity contribution < 1.29 is 23.9 Å². The third-order valence-corrected chi connectivity index (χ3v) is 5.03. The van der Waals surface area contributed by atoms with Crippen LogP contribution >= 0.6 is 0 Å². The molecule has 1 fully saturated rings. The second-order valence-electron chi connectivity index (χ2n) is 6.96. The number of hydrogen-bond donors (Lipinski definition) is 0. The molecular formula is C22H24N2O5. The maximum atomic E-state index is 12.7. The van der Waals surface area contributed by atoms with Crippen LogP contribution in [0.1, 0.15) is 48.0 Å². The predicted octanol–water partition coefficient (Wildman–Crippen LogP) is 3.56. The van der Waals surface area contributed by atoms with E-state index in [1.54, 1.807) is 30.2 Å². The number of benzene rings is 1. The van der Waals surface area contributed by atoms with Gasteiger partial charge in [-0.3, -0.25) is 9.78 Å². The number of hydrogen-bond acceptors (Lipinski definition) is 6. The Morgan fingerprint density at radius 2 is 1.90 bits per heavy atom. The average Bonchev–Trinajstić information content (AvgIpc) is 2.75. The Kier molecular flexibility index (Phi) is 6.94. The van der Waals surface area contributed by atoms with Crippen LogP contribution in [0.4, 0.5) is 4.79 Å². The van der Waals surface area contributed by atoms with Crippen molar-refractivity contribution in [3.05, 3.63) is 66.0 Å². The third kappa shape index (κ3) is 5.19. The summed E-state index contributed by atoms with van der Waals surface area (Å²) in [7, 11) is 0. The van der Waals surface area contributed by atoms with E-state index in [1.807, 2.05) is 30.3 Å². The molecule has 0 N–H and O–H groups in total. The molecule has 0 radical (unpaired) electrons. The van der Waals surface area contributed by atoms with E-state index in [9.17, 15) is 14.4 Å². The van der Waals surface area contributed by atoms with Crippen molar-refractivity contribution in [1.29, 1.82) is 0 Å². The fourth-order valence-electron chi connectivity index (χ4n) is 3.70. The second kappa shape index (κ2) is 9.82. The summed E-state index contributed by atoms with van der Waals surface area (Å²) in [5, 5.41) is 0. The summed E-state index contributed by atoms with van der Waals surface area (Å²) < 4.78 is 10.2. The molecule has 7 nitrogen and oxygen atoms in total. The lowest BCUT2D eigenvalue weighted by molar-refractivity contribution is -0.120. The van der Waals surface area contributed by atoms with Gasteiger partial charge in [-0.05, 0) is 43.9 Å². The van der Waals surface area contributed by atoms with Crippen LogP contribution < -0.4 is 0 Å². The monoisotopic (exact) mass is 396 g/mol. The van der Waals surface area contributed by atoms with Gasteiger partial charge in [0.2, 0.25) is 6.79 Å². The number of nitrogens with zero attached hydrogens (tertiary/aromatic N) is 2. The molecular weight excluding hydrogens is 372 g/mol. The molecule has 1 aromatic carbocycles. The number of amides is 1. The molecule has 1 saturated heterocycles. The summed E-state index contributed by atoms with van der Waals surface area (Å²) in [5.41, 5.74) is 1.16. The Morgan fingerprint density at radius 1 is 1.10 bits per heavy atom. The van der Waals surface area contributed by atoms with Gasteiger partial charge in [0.05, 0.1) is 11.5 Å². The Balaban J connectivity index is 1.64. The summed E-state index contributed by atoms with van der Waals surface area (Å²) in [6.45, 7) is 1.55. The highest BCUT2D eigenvalue weighted by atomic mass is 16.7. The van der Waals surface area contributed by atoms with E-state index in [2.05, 4.69) is 4.98 Å². The van der Waals surface area contributed by atoms with Crippen LogP contribution in [0.3, 0.4) is 0 Å². The molecule has 2 heterocycles. The lowest BCUT2D eigenvalue weighted by Gasteiger charge is -2.38. The van der Waals surface area contributed by atoms with Gasteiger partial charge >= 0.3 is 12.1 Å². The molecule has 2 aromatic rings. The van der Waals surface area contributed by atoms with Crippen LogP contribution in [0.2, 0.25) is 0 Å². The number of pyridine rings is 1. The second-order valence-corrected chi connectivity index (χ2v) is 6.96. The quantitative estimate of drug-likeness (QED) is 0.548. The molecule has 0 aliphatic carbocycles. The van der Waals surface area contributed by atoms with Gasteiger partial charge in [-0.25, -0.2) is 9.59 Å². The zero-order valence-electron chi connectivity index (χ0n) is 16.3. The number of esters is 1. The van der Waals surface area contributed by atoms with Crippen LogP contribution in [0.25, 0.3) is 0 Å². The summed E-state index contributed by atoms with van der Waals surface area (Å²) in [5.74, 6) is -1.03. The maximum Gasteiger partial charge on any atom is 0.412 e. The van der Waals surface area contributed by atoms with E-state index >= 15 is 0 Å². The molecule has 0 bridgehead atoms. The minimum absolute atomic E-state index is 0.00362. The molecule has 1 amide bonds. The Bertz CT molecular complexity index is 841. The summed E-state index contributed by atoms with van der Waals surface area (Å²) in [6.07, 6.45) is 4.81. The Morgan fingerprint density at radius 3 is 2.59 bits per heavy atom. The van der Waals surface area contributed by atoms with E-state index in [1.165, 1.54) is 6.20 Å². The maximum absolute atomic E-state index is 12.7. The molecule has 0 spiro atoms. The highest BCUT2D eigenvalue weighted by Crippen LogP contribution is 2.31. The molecule has 1 aliphatic rings. The van der Waals surface area contributed by atoms with E-state index in [4.69, 9.17) is 9.47 Å². The number of ether oxygens (including phenoxy) is 2. The first-order chi connectivity index (χ1) is 14.1. The first-order valence-electron chi connectivity index (χ1n) is 9.64. The molecule has 29 heavy (non-hydrogen) atoms. The summed E-state index contributed by atoms with van der Waals surface area (Å²) in [4.78, 5) is 42.5. The number of likely N-dealkylation sites (tertiary alicyclic amines) is 1. The van der Waals surface area contributed by atoms with Crippen molar-refractivity contribution in [2.45, 2.75) is 38.1 Å². The van der Waals surface area contributed by atoms with Gasteiger partial charge in [-0.15, -0.1) is 0 Å². The molecule has 2 atom stereocenters. The van der Waals surface area contributed by atoms with E-state index in [0.29, 0.717) is 13.0 Å². The number of Topliss-reactive ketones (excluding diaryl/α,β-unsaturated/α-hetero) is 1. The molecule has 3 rings (SSSR count). The molecule has 7 heteroatoms. The van der Waals surface area contributed by atoms with Crippen molar-refractivity contribution in [3.63, 3.8) is 0 Å². The van der Waals surface area contributed by atoms with Gasteiger partial charge in [-0.2, -0.15) is 0 Å². The van der Waals surface area contributed by atoms with Gasteiger partial charge < -0.3 is 14.4 Å². The Hall–Kier alpha value is -3.22. The fraction of sp³-hybridized carbons (Fsp3) is 0.364. The lowest BCUT2D eigenvalue weighted by atomic mass is 9.83. The topological polar surface area (TPSA) is 85.8 Å². The average molecular weight is 396 g/mol. The van der Waals surface area contributed by atoms with Crippen molar-refractivity contribution in [2.75, 3.05) is 13.3 Å². The van der Waals surface area contributed by atoms with E-state index in [-0.39, 0.29) is 17.4 Å². The summed E-state index contributed by atoms with van der Waals surface area (Å²) >= 11 is 0. The first-order valence-corrected chi connectivity index (χ1v) is 9.64. The normalized spacial score (nSPS) is 17.3. The molecule has 1 aromatic heterocycles. The van der Waals surface area contributed by atoms with Gasteiger partial charge in [-0.1, -0.05) is 30.3 Å². The van der Waals surface area contributed by atoms with Crippen molar-refractivity contribution in [1.82, 2.24) is 9.88 Å². The van der Waals surface area contributed by atoms with Crippen molar-refractivity contribution in [3.8, 4) is 0 Å². The van der Waals surface area contributed by atoms with Gasteiger partial charge in [0.1, 0.15) is 5.78 Å². The van der Waals surface area contributed by atoms with Crippen LogP contribution in [0.15, 0.2) is 54.9 Å². The molecule has 1 aliphatic heterocycles. The zero-order valence-corrected chi connectivity index (χ0v) is 16.3. The SMILES string of the molecule is CC(=O)C(c1ccccc1)C1CCCCN1C(=O)OCOC(=O)c1cccnc1. The molecule has 152 valence electrons. The van der Waals surface area contributed by atoms with Crippen molar-refractivity contribution in [2.24, 2.45) is 0 Å². The highest BCUT2D eigenvalue weighted by Gasteiger charge is 2.37. The minimum Gasteiger partial charge on any atom is -0.424 e. The van der Waals surface area contributed by atoms with Crippen LogP contribution in [-0.2, 0) is 14.3 Å². The van der Waals surface area contributed by atoms with Crippen molar-refractivity contribution >= 4 is 17.8 Å². The molecule has 0 saturated carbocycles. The minimum atomic E-state index is -0.619. The number of carbonyl (C=O) groups is 3. The summed E-state index contributed by atoms with van der Waals surface area (Å²) in [6, 6.07) is 12.4. The largest absolute Gasteiger partial charge is 0.424 e. The van der Waals surface area contributed by atoms with Gasteiger partial charge in [0.15, 0.2) is 0 Å². The standard InChI is InChI=1S/C22H24N2O5/c1-16(25)20(17-8-3-2-4-9-17)19-11-5-6-13-24(19)22(27)29-15-28-21(26)18-10-7-12-23-14-18/h2-4,7-10,12,14,19-20H,5-6,11,13,15H2,1H3. The van der Waals surface area contributed by atoms with Crippen LogP contribution in [-0.4, -0.2) is 47.1 Å². The third-order valence-electron chi connectivity index (χ3n) is 5.03. The lowest BCUT2D eigenvalue weighted by Crippen LogP contribution is -2.48. The smallest absolute Gasteiger partial charge is 0.412 e. The number of rotatable bonds is 6. The van der Waals surface area contributed by atoms with Gasteiger partial charge in [0.25, 0.3) is 0 Å². The zero-order chi connectivity index (χ0) is 20.6. The first kappa shape index (κ1) is 20.5. The predicted molar refractivity (Wildman–Crippen MR) is 105 cm³/mol. The molecule has 2 unspecified atom stereocenters.